The van der Waals surface area contributed by atoms with Crippen molar-refractivity contribution in [1.82, 2.24) is 4.72 Å². The lowest BCUT2D eigenvalue weighted by atomic mass is 10.1. The summed E-state index contributed by atoms with van der Waals surface area (Å²) in [5.74, 6) is 0. The highest BCUT2D eigenvalue weighted by Crippen LogP contribution is 2.30. The number of halogens is 3. The Hall–Kier alpha value is -1.08. The Labute approximate surface area is 110 Å². The van der Waals surface area contributed by atoms with Crippen molar-refractivity contribution in [1.29, 1.82) is 0 Å². The first-order valence-electron chi connectivity index (χ1n) is 5.72. The molecule has 0 radical (unpaired) electrons. The highest BCUT2D eigenvalue weighted by atomic mass is 32.2. The molecule has 1 N–H and O–H groups in total. The zero-order valence-electron chi connectivity index (χ0n) is 10.8. The highest BCUT2D eigenvalue weighted by Gasteiger charge is 2.31. The van der Waals surface area contributed by atoms with Gasteiger partial charge in [-0.3, -0.25) is 0 Å². The second kappa shape index (κ2) is 5.50. The van der Waals surface area contributed by atoms with Crippen LogP contribution in [-0.2, 0) is 16.2 Å². The molecule has 0 saturated carbocycles. The van der Waals surface area contributed by atoms with Crippen LogP contribution in [0.5, 0.6) is 0 Å². The third-order valence-electron chi connectivity index (χ3n) is 2.68. The lowest BCUT2D eigenvalue weighted by Gasteiger charge is -2.17. The topological polar surface area (TPSA) is 46.2 Å². The van der Waals surface area contributed by atoms with Crippen LogP contribution in [0.4, 0.5) is 13.2 Å². The SMILES string of the molecule is CC(NS(=O)(=O)C(C)C)c1cccc(C(F)(F)F)c1. The summed E-state index contributed by atoms with van der Waals surface area (Å²) in [6, 6.07) is 3.91. The molecule has 108 valence electrons. The van der Waals surface area contributed by atoms with E-state index < -0.39 is 33.1 Å². The number of alkyl halides is 3. The van der Waals surface area contributed by atoms with Gasteiger partial charge >= 0.3 is 6.18 Å². The summed E-state index contributed by atoms with van der Waals surface area (Å²) in [5.41, 5.74) is -0.514. The van der Waals surface area contributed by atoms with E-state index >= 15 is 0 Å². The predicted octanol–water partition coefficient (Wildman–Crippen LogP) is 3.09. The van der Waals surface area contributed by atoms with Gasteiger partial charge in [0.15, 0.2) is 0 Å². The number of rotatable bonds is 4. The van der Waals surface area contributed by atoms with E-state index in [0.717, 1.165) is 12.1 Å². The molecular weight excluding hydrogens is 279 g/mol. The molecule has 3 nitrogen and oxygen atoms in total. The van der Waals surface area contributed by atoms with Crippen LogP contribution in [0.15, 0.2) is 24.3 Å². The molecule has 1 rings (SSSR count). The van der Waals surface area contributed by atoms with Crippen molar-refractivity contribution < 1.29 is 21.6 Å². The largest absolute Gasteiger partial charge is 0.416 e. The summed E-state index contributed by atoms with van der Waals surface area (Å²) in [6.07, 6.45) is -4.44. The Morgan fingerprint density at radius 1 is 1.16 bits per heavy atom. The lowest BCUT2D eigenvalue weighted by molar-refractivity contribution is -0.137. The van der Waals surface area contributed by atoms with E-state index in [2.05, 4.69) is 4.72 Å². The minimum Gasteiger partial charge on any atom is -0.212 e. The Bertz CT molecular complexity index is 538. The van der Waals surface area contributed by atoms with Crippen LogP contribution in [0, 0.1) is 0 Å². The minimum atomic E-state index is -4.44. The average molecular weight is 295 g/mol. The molecule has 0 aliphatic rings. The van der Waals surface area contributed by atoms with Crippen molar-refractivity contribution in [3.05, 3.63) is 35.4 Å². The summed E-state index contributed by atoms with van der Waals surface area (Å²) in [6.45, 7) is 4.51. The van der Waals surface area contributed by atoms with Gasteiger partial charge in [0.05, 0.1) is 10.8 Å². The number of hydrogen-bond donors (Lipinski definition) is 1. The third kappa shape index (κ3) is 4.21. The fraction of sp³-hybridized carbons (Fsp3) is 0.500. The number of benzene rings is 1. The third-order valence-corrected chi connectivity index (χ3v) is 4.60. The molecule has 0 aliphatic carbocycles. The Balaban J connectivity index is 2.99. The van der Waals surface area contributed by atoms with Crippen LogP contribution in [0.3, 0.4) is 0 Å². The molecule has 0 aromatic heterocycles. The van der Waals surface area contributed by atoms with Crippen molar-refractivity contribution in [2.75, 3.05) is 0 Å². The fourth-order valence-electron chi connectivity index (χ4n) is 1.43. The molecule has 0 saturated heterocycles. The van der Waals surface area contributed by atoms with E-state index in [1.807, 2.05) is 0 Å². The molecule has 1 unspecified atom stereocenters. The number of sulfonamides is 1. The van der Waals surface area contributed by atoms with Crippen LogP contribution in [-0.4, -0.2) is 13.7 Å². The first-order valence-corrected chi connectivity index (χ1v) is 7.27. The van der Waals surface area contributed by atoms with Gasteiger partial charge in [-0.15, -0.1) is 0 Å². The van der Waals surface area contributed by atoms with Crippen molar-refractivity contribution in [3.63, 3.8) is 0 Å². The Morgan fingerprint density at radius 2 is 1.74 bits per heavy atom. The molecular formula is C12H16F3NO2S. The lowest BCUT2D eigenvalue weighted by Crippen LogP contribution is -2.33. The predicted molar refractivity (Wildman–Crippen MR) is 67.1 cm³/mol. The summed E-state index contributed by atoms with van der Waals surface area (Å²) in [4.78, 5) is 0. The van der Waals surface area contributed by atoms with Crippen LogP contribution >= 0.6 is 0 Å². The monoisotopic (exact) mass is 295 g/mol. The van der Waals surface area contributed by atoms with Gasteiger partial charge < -0.3 is 0 Å². The van der Waals surface area contributed by atoms with Gasteiger partial charge in [-0.2, -0.15) is 13.2 Å². The van der Waals surface area contributed by atoms with Gasteiger partial charge in [-0.1, -0.05) is 12.1 Å². The Kier molecular flexibility index (Phi) is 4.63. The number of nitrogens with one attached hydrogen (secondary N) is 1. The van der Waals surface area contributed by atoms with E-state index in [9.17, 15) is 21.6 Å². The van der Waals surface area contributed by atoms with Crippen molar-refractivity contribution in [3.8, 4) is 0 Å². The van der Waals surface area contributed by atoms with Gasteiger partial charge in [0.1, 0.15) is 0 Å². The van der Waals surface area contributed by atoms with Gasteiger partial charge in [-0.05, 0) is 38.5 Å². The first kappa shape index (κ1) is 16.0. The van der Waals surface area contributed by atoms with Gasteiger partial charge in [0, 0.05) is 6.04 Å². The van der Waals surface area contributed by atoms with Crippen LogP contribution in [0.1, 0.15) is 37.9 Å². The molecule has 0 bridgehead atoms. The summed E-state index contributed by atoms with van der Waals surface area (Å²) < 4.78 is 63.4. The molecule has 0 heterocycles. The van der Waals surface area contributed by atoms with E-state index in [4.69, 9.17) is 0 Å². The van der Waals surface area contributed by atoms with Crippen LogP contribution in [0.25, 0.3) is 0 Å². The minimum absolute atomic E-state index is 0.277. The van der Waals surface area contributed by atoms with E-state index in [-0.39, 0.29) is 5.56 Å². The Morgan fingerprint density at radius 3 is 2.21 bits per heavy atom. The smallest absolute Gasteiger partial charge is 0.212 e. The highest BCUT2D eigenvalue weighted by molar-refractivity contribution is 7.90. The van der Waals surface area contributed by atoms with E-state index in [0.29, 0.717) is 0 Å². The van der Waals surface area contributed by atoms with Crippen molar-refractivity contribution in [2.45, 2.75) is 38.2 Å². The molecule has 0 amide bonds. The van der Waals surface area contributed by atoms with Crippen LogP contribution in [0.2, 0.25) is 0 Å². The standard InChI is InChI=1S/C12H16F3NO2S/c1-8(2)19(17,18)16-9(3)10-5-4-6-11(7-10)12(13,14)15/h4-9,16H,1-3H3. The molecule has 19 heavy (non-hydrogen) atoms. The summed E-state index contributed by atoms with van der Waals surface area (Å²) >= 11 is 0. The molecule has 7 heteroatoms. The zero-order chi connectivity index (χ0) is 14.8. The maximum Gasteiger partial charge on any atom is 0.416 e. The second-order valence-corrected chi connectivity index (χ2v) is 6.83. The number of hydrogen-bond acceptors (Lipinski definition) is 2. The van der Waals surface area contributed by atoms with Crippen LogP contribution < -0.4 is 4.72 Å². The summed E-state index contributed by atoms with van der Waals surface area (Å²) in [5, 5.41) is -0.638. The summed E-state index contributed by atoms with van der Waals surface area (Å²) in [7, 11) is -3.53. The molecule has 1 atom stereocenters. The van der Waals surface area contributed by atoms with Crippen molar-refractivity contribution in [2.24, 2.45) is 0 Å². The average Bonchev–Trinajstić information content (AvgIpc) is 2.27. The fourth-order valence-corrected chi connectivity index (χ4v) is 2.34. The van der Waals surface area contributed by atoms with Gasteiger partial charge in [0.25, 0.3) is 0 Å². The zero-order valence-corrected chi connectivity index (χ0v) is 11.6. The van der Waals surface area contributed by atoms with Crippen molar-refractivity contribution >= 4 is 10.0 Å². The molecule has 1 aromatic rings. The van der Waals surface area contributed by atoms with E-state index in [1.165, 1.54) is 32.9 Å². The van der Waals surface area contributed by atoms with Gasteiger partial charge in [0.2, 0.25) is 10.0 Å². The first-order chi connectivity index (χ1) is 8.54. The second-order valence-electron chi connectivity index (χ2n) is 4.56. The molecule has 0 fully saturated rings. The maximum atomic E-state index is 12.6. The van der Waals surface area contributed by atoms with Gasteiger partial charge in [-0.25, -0.2) is 13.1 Å². The quantitative estimate of drug-likeness (QED) is 0.927. The van der Waals surface area contributed by atoms with E-state index in [1.54, 1.807) is 0 Å². The molecule has 0 aliphatic heterocycles. The normalized spacial score (nSPS) is 14.7. The molecule has 1 aromatic carbocycles. The maximum absolute atomic E-state index is 12.6. The molecule has 0 spiro atoms.